The maximum atomic E-state index is 13.0. The molecule has 0 saturated heterocycles. The smallest absolute Gasteiger partial charge is 0.127 e. The molecule has 0 saturated carbocycles. The van der Waals surface area contributed by atoms with E-state index in [0.29, 0.717) is 12.1 Å². The van der Waals surface area contributed by atoms with Gasteiger partial charge in [0, 0.05) is 18.2 Å². The molecule has 1 aromatic carbocycles. The van der Waals surface area contributed by atoms with Gasteiger partial charge in [-0.3, -0.25) is 0 Å². The zero-order valence-corrected chi connectivity index (χ0v) is 7.63. The van der Waals surface area contributed by atoms with Crippen LogP contribution in [0.2, 0.25) is 0 Å². The van der Waals surface area contributed by atoms with E-state index >= 15 is 0 Å². The first-order valence-corrected chi connectivity index (χ1v) is 4.31. The largest absolute Gasteiger partial charge is 0.395 e. The molecule has 13 heavy (non-hydrogen) atoms. The second-order valence-electron chi connectivity index (χ2n) is 3.06. The van der Waals surface area contributed by atoms with Crippen LogP contribution in [0.1, 0.15) is 12.5 Å². The summed E-state index contributed by atoms with van der Waals surface area (Å²) in [6.07, 6.45) is 0. The van der Waals surface area contributed by atoms with Gasteiger partial charge in [0.2, 0.25) is 0 Å². The van der Waals surface area contributed by atoms with E-state index in [2.05, 4.69) is 5.32 Å². The fraction of sp³-hybridized carbons (Fsp3) is 0.400. The Hall–Kier alpha value is -0.930. The van der Waals surface area contributed by atoms with Gasteiger partial charge in [-0.2, -0.15) is 0 Å². The molecule has 0 amide bonds. The molecule has 0 aliphatic heterocycles. The number of hydrogen-bond donors (Lipinski definition) is 2. The van der Waals surface area contributed by atoms with E-state index in [4.69, 9.17) is 5.11 Å². The van der Waals surface area contributed by atoms with Crippen molar-refractivity contribution in [2.45, 2.75) is 19.5 Å². The molecule has 2 nitrogen and oxygen atoms in total. The predicted octanol–water partition coefficient (Wildman–Crippen LogP) is 1.30. The Morgan fingerprint density at radius 1 is 1.46 bits per heavy atom. The first-order chi connectivity index (χ1) is 6.24. The van der Waals surface area contributed by atoms with Crippen LogP contribution >= 0.6 is 0 Å². The van der Waals surface area contributed by atoms with Gasteiger partial charge in [0.1, 0.15) is 5.82 Å². The third kappa shape index (κ3) is 3.13. The molecule has 3 heteroatoms. The summed E-state index contributed by atoms with van der Waals surface area (Å²) in [6.45, 7) is 2.36. The SMILES string of the molecule is C[C@H](CO)NCc1ccccc1F. The van der Waals surface area contributed by atoms with Crippen molar-refractivity contribution in [3.8, 4) is 0 Å². The zero-order valence-electron chi connectivity index (χ0n) is 7.63. The molecule has 2 N–H and O–H groups in total. The second kappa shape index (κ2) is 4.94. The summed E-state index contributed by atoms with van der Waals surface area (Å²) >= 11 is 0. The highest BCUT2D eigenvalue weighted by Crippen LogP contribution is 2.05. The standard InChI is InChI=1S/C10H14FNO/c1-8(7-13)12-6-9-4-2-3-5-10(9)11/h2-5,8,12-13H,6-7H2,1H3/t8-/m1/s1. The van der Waals surface area contributed by atoms with Crippen LogP contribution in [0.25, 0.3) is 0 Å². The predicted molar refractivity (Wildman–Crippen MR) is 49.8 cm³/mol. The number of hydrogen-bond acceptors (Lipinski definition) is 2. The van der Waals surface area contributed by atoms with E-state index in [-0.39, 0.29) is 18.5 Å². The number of nitrogens with one attached hydrogen (secondary N) is 1. The van der Waals surface area contributed by atoms with Crippen LogP contribution in [0.5, 0.6) is 0 Å². The highest BCUT2D eigenvalue weighted by atomic mass is 19.1. The van der Waals surface area contributed by atoms with E-state index in [0.717, 1.165) is 0 Å². The lowest BCUT2D eigenvalue weighted by Gasteiger charge is -2.10. The van der Waals surface area contributed by atoms with Crippen molar-refractivity contribution in [3.05, 3.63) is 35.6 Å². The van der Waals surface area contributed by atoms with Crippen LogP contribution in [-0.2, 0) is 6.54 Å². The molecule has 0 aromatic heterocycles. The van der Waals surface area contributed by atoms with Gasteiger partial charge in [-0.15, -0.1) is 0 Å². The molecule has 0 bridgehead atoms. The molecule has 0 spiro atoms. The van der Waals surface area contributed by atoms with Gasteiger partial charge >= 0.3 is 0 Å². The third-order valence-electron chi connectivity index (χ3n) is 1.87. The van der Waals surface area contributed by atoms with Gasteiger partial charge in [0.25, 0.3) is 0 Å². The van der Waals surface area contributed by atoms with Gasteiger partial charge in [-0.05, 0) is 13.0 Å². The Bertz CT molecular complexity index is 265. The molecule has 0 fully saturated rings. The average Bonchev–Trinajstić information content (AvgIpc) is 2.16. The molecule has 1 atom stereocenters. The minimum absolute atomic E-state index is 0.000365. The van der Waals surface area contributed by atoms with Gasteiger partial charge in [-0.25, -0.2) is 4.39 Å². The molecule has 0 heterocycles. The molecule has 0 unspecified atom stereocenters. The lowest BCUT2D eigenvalue weighted by atomic mass is 10.2. The molecular weight excluding hydrogens is 169 g/mol. The van der Waals surface area contributed by atoms with Crippen molar-refractivity contribution in [1.29, 1.82) is 0 Å². The van der Waals surface area contributed by atoms with Crippen molar-refractivity contribution in [3.63, 3.8) is 0 Å². The fourth-order valence-corrected chi connectivity index (χ4v) is 0.990. The van der Waals surface area contributed by atoms with Crippen molar-refractivity contribution < 1.29 is 9.50 Å². The summed E-state index contributed by atoms with van der Waals surface area (Å²) in [4.78, 5) is 0. The van der Waals surface area contributed by atoms with Crippen LogP contribution in [0.3, 0.4) is 0 Å². The van der Waals surface area contributed by atoms with E-state index in [1.807, 2.05) is 6.92 Å². The van der Waals surface area contributed by atoms with Crippen LogP contribution in [0.4, 0.5) is 4.39 Å². The lowest BCUT2D eigenvalue weighted by molar-refractivity contribution is 0.250. The Morgan fingerprint density at radius 3 is 2.77 bits per heavy atom. The van der Waals surface area contributed by atoms with Crippen molar-refractivity contribution in [1.82, 2.24) is 5.32 Å². The summed E-state index contributed by atoms with van der Waals surface area (Å²) in [7, 11) is 0. The molecule has 1 aromatic rings. The van der Waals surface area contributed by atoms with E-state index in [1.54, 1.807) is 18.2 Å². The highest BCUT2D eigenvalue weighted by molar-refractivity contribution is 5.16. The first kappa shape index (κ1) is 10.2. The quantitative estimate of drug-likeness (QED) is 0.737. The summed E-state index contributed by atoms with van der Waals surface area (Å²) in [5.74, 6) is -0.208. The molecule has 1 rings (SSSR count). The van der Waals surface area contributed by atoms with Crippen LogP contribution in [-0.4, -0.2) is 17.8 Å². The van der Waals surface area contributed by atoms with Crippen molar-refractivity contribution >= 4 is 0 Å². The number of rotatable bonds is 4. The number of benzene rings is 1. The van der Waals surface area contributed by atoms with Gasteiger partial charge in [-0.1, -0.05) is 18.2 Å². The van der Waals surface area contributed by atoms with E-state index in [1.165, 1.54) is 6.07 Å². The first-order valence-electron chi connectivity index (χ1n) is 4.31. The Kier molecular flexibility index (Phi) is 3.86. The monoisotopic (exact) mass is 183 g/mol. The topological polar surface area (TPSA) is 32.3 Å². The van der Waals surface area contributed by atoms with Gasteiger partial charge in [0.15, 0.2) is 0 Å². The molecular formula is C10H14FNO. The fourth-order valence-electron chi connectivity index (χ4n) is 0.990. The minimum atomic E-state index is -0.208. The number of halogens is 1. The summed E-state index contributed by atoms with van der Waals surface area (Å²) in [5.41, 5.74) is 0.628. The Morgan fingerprint density at radius 2 is 2.15 bits per heavy atom. The van der Waals surface area contributed by atoms with E-state index < -0.39 is 0 Å². The summed E-state index contributed by atoms with van der Waals surface area (Å²) in [6, 6.07) is 6.62. The average molecular weight is 183 g/mol. The van der Waals surface area contributed by atoms with E-state index in [9.17, 15) is 4.39 Å². The highest BCUT2D eigenvalue weighted by Gasteiger charge is 2.02. The van der Waals surface area contributed by atoms with Gasteiger partial charge < -0.3 is 10.4 Å². The summed E-state index contributed by atoms with van der Waals surface area (Å²) in [5, 5.41) is 11.7. The lowest BCUT2D eigenvalue weighted by Crippen LogP contribution is -2.28. The zero-order chi connectivity index (χ0) is 9.68. The van der Waals surface area contributed by atoms with Crippen LogP contribution in [0, 0.1) is 5.82 Å². The second-order valence-corrected chi connectivity index (χ2v) is 3.06. The Balaban J connectivity index is 2.50. The van der Waals surface area contributed by atoms with Crippen molar-refractivity contribution in [2.24, 2.45) is 0 Å². The Labute approximate surface area is 77.4 Å². The maximum absolute atomic E-state index is 13.0. The minimum Gasteiger partial charge on any atom is -0.395 e. The van der Waals surface area contributed by atoms with Crippen molar-refractivity contribution in [2.75, 3.05) is 6.61 Å². The third-order valence-corrected chi connectivity index (χ3v) is 1.87. The summed E-state index contributed by atoms with van der Waals surface area (Å²) < 4.78 is 13.0. The van der Waals surface area contributed by atoms with Gasteiger partial charge in [0.05, 0.1) is 6.61 Å². The normalized spacial score (nSPS) is 12.8. The molecule has 72 valence electrons. The number of aliphatic hydroxyl groups is 1. The molecule has 0 aliphatic rings. The molecule has 0 aliphatic carbocycles. The number of aliphatic hydroxyl groups excluding tert-OH is 1. The van der Waals surface area contributed by atoms with Crippen LogP contribution < -0.4 is 5.32 Å². The maximum Gasteiger partial charge on any atom is 0.127 e. The van der Waals surface area contributed by atoms with Crippen LogP contribution in [0.15, 0.2) is 24.3 Å². The molecule has 0 radical (unpaired) electrons.